The van der Waals surface area contributed by atoms with Crippen LogP contribution in [0.4, 0.5) is 4.79 Å². The largest absolute Gasteiger partial charge is 0.467 e. The van der Waals surface area contributed by atoms with Crippen LogP contribution in [-0.2, 0) is 25.7 Å². The molecule has 1 aromatic rings. The second kappa shape index (κ2) is 14.3. The Bertz CT molecular complexity index is 618. The summed E-state index contributed by atoms with van der Waals surface area (Å²) in [5.41, 5.74) is 0.932. The molecule has 0 unspecified atom stereocenters. The van der Waals surface area contributed by atoms with Crippen LogP contribution in [0.15, 0.2) is 43.0 Å². The summed E-state index contributed by atoms with van der Waals surface area (Å²) in [5, 5.41) is 5.38. The molecular formula is C21H30N2O5. The van der Waals surface area contributed by atoms with Crippen LogP contribution < -0.4 is 10.6 Å². The van der Waals surface area contributed by atoms with Crippen molar-refractivity contribution in [3.63, 3.8) is 0 Å². The van der Waals surface area contributed by atoms with E-state index in [1.807, 2.05) is 30.3 Å². The van der Waals surface area contributed by atoms with E-state index in [4.69, 9.17) is 9.47 Å². The molecule has 0 radical (unpaired) electrons. The van der Waals surface area contributed by atoms with Crippen LogP contribution >= 0.6 is 0 Å². The first-order valence-corrected chi connectivity index (χ1v) is 9.49. The fraction of sp³-hybridized carbons (Fsp3) is 0.476. The van der Waals surface area contributed by atoms with Crippen molar-refractivity contribution in [3.05, 3.63) is 48.6 Å². The van der Waals surface area contributed by atoms with E-state index in [0.717, 1.165) is 18.4 Å². The number of benzene rings is 1. The second-order valence-corrected chi connectivity index (χ2v) is 6.31. The monoisotopic (exact) mass is 390 g/mol. The Hall–Kier alpha value is -2.83. The standard InChI is InChI=1S/C21H30N2O5/c1-3-4-13-18(20(25)27-2)23-19(24)14-9-6-10-15-22-21(26)28-16-17-11-7-5-8-12-17/h3,5,7-8,11-12,18H,1,4,6,9-10,13-16H2,2H3,(H,22,26)(H,23,24)/t18-/m1/s1. The maximum absolute atomic E-state index is 12.0. The van der Waals surface area contributed by atoms with Crippen LogP contribution in [0.2, 0.25) is 0 Å². The van der Waals surface area contributed by atoms with E-state index >= 15 is 0 Å². The van der Waals surface area contributed by atoms with E-state index in [0.29, 0.717) is 32.2 Å². The summed E-state index contributed by atoms with van der Waals surface area (Å²) in [7, 11) is 1.30. The average molecular weight is 390 g/mol. The summed E-state index contributed by atoms with van der Waals surface area (Å²) < 4.78 is 9.82. The van der Waals surface area contributed by atoms with Crippen molar-refractivity contribution in [1.29, 1.82) is 0 Å². The highest BCUT2D eigenvalue weighted by Gasteiger charge is 2.20. The highest BCUT2D eigenvalue weighted by Crippen LogP contribution is 2.04. The topological polar surface area (TPSA) is 93.7 Å². The Morgan fingerprint density at radius 2 is 1.89 bits per heavy atom. The Balaban J connectivity index is 2.10. The van der Waals surface area contributed by atoms with Gasteiger partial charge in [-0.3, -0.25) is 4.79 Å². The number of carbonyl (C=O) groups is 3. The molecule has 0 saturated carbocycles. The van der Waals surface area contributed by atoms with Crippen molar-refractivity contribution in [1.82, 2.24) is 10.6 Å². The average Bonchev–Trinajstić information content (AvgIpc) is 2.72. The predicted octanol–water partition coefficient (Wildman–Crippen LogP) is 3.10. The van der Waals surface area contributed by atoms with Crippen LogP contribution in [-0.4, -0.2) is 37.7 Å². The van der Waals surface area contributed by atoms with E-state index in [2.05, 4.69) is 17.2 Å². The summed E-state index contributed by atoms with van der Waals surface area (Å²) in [4.78, 5) is 35.2. The first-order valence-electron chi connectivity index (χ1n) is 9.49. The summed E-state index contributed by atoms with van der Waals surface area (Å²) in [6.07, 6.45) is 4.84. The molecule has 0 aliphatic carbocycles. The number of ether oxygens (including phenoxy) is 2. The van der Waals surface area contributed by atoms with Gasteiger partial charge < -0.3 is 20.1 Å². The Morgan fingerprint density at radius 1 is 1.14 bits per heavy atom. The zero-order chi connectivity index (χ0) is 20.6. The van der Waals surface area contributed by atoms with Crippen LogP contribution in [0.25, 0.3) is 0 Å². The van der Waals surface area contributed by atoms with Gasteiger partial charge in [0.2, 0.25) is 5.91 Å². The van der Waals surface area contributed by atoms with Gasteiger partial charge in [-0.15, -0.1) is 6.58 Å². The molecule has 0 aliphatic rings. The van der Waals surface area contributed by atoms with Crippen LogP contribution in [0.1, 0.15) is 44.1 Å². The maximum Gasteiger partial charge on any atom is 0.407 e. The van der Waals surface area contributed by atoms with Gasteiger partial charge in [-0.2, -0.15) is 0 Å². The van der Waals surface area contributed by atoms with E-state index < -0.39 is 18.1 Å². The number of nitrogens with one attached hydrogen (secondary N) is 2. The highest BCUT2D eigenvalue weighted by molar-refractivity contribution is 5.84. The van der Waals surface area contributed by atoms with Gasteiger partial charge in [-0.05, 0) is 31.2 Å². The molecular weight excluding hydrogens is 360 g/mol. The third kappa shape index (κ3) is 10.4. The van der Waals surface area contributed by atoms with Crippen LogP contribution in [0, 0.1) is 0 Å². The first-order chi connectivity index (χ1) is 13.6. The van der Waals surface area contributed by atoms with Gasteiger partial charge in [-0.25, -0.2) is 9.59 Å². The highest BCUT2D eigenvalue weighted by atomic mass is 16.5. The number of amides is 2. The third-order valence-corrected chi connectivity index (χ3v) is 4.04. The summed E-state index contributed by atoms with van der Waals surface area (Å²) in [6.45, 7) is 4.33. The van der Waals surface area contributed by atoms with Crippen molar-refractivity contribution in [2.75, 3.05) is 13.7 Å². The van der Waals surface area contributed by atoms with Gasteiger partial charge >= 0.3 is 12.1 Å². The molecule has 2 amide bonds. The fourth-order valence-corrected chi connectivity index (χ4v) is 2.49. The molecule has 0 aromatic heterocycles. The van der Waals surface area contributed by atoms with E-state index in [9.17, 15) is 14.4 Å². The molecule has 7 heteroatoms. The third-order valence-electron chi connectivity index (χ3n) is 4.04. The first kappa shape index (κ1) is 23.2. The van der Waals surface area contributed by atoms with Gasteiger partial charge in [0.05, 0.1) is 7.11 Å². The fourth-order valence-electron chi connectivity index (χ4n) is 2.49. The van der Waals surface area contributed by atoms with Gasteiger partial charge in [0.15, 0.2) is 0 Å². The molecule has 28 heavy (non-hydrogen) atoms. The number of hydrogen-bond donors (Lipinski definition) is 2. The summed E-state index contributed by atoms with van der Waals surface area (Å²) >= 11 is 0. The Morgan fingerprint density at radius 3 is 2.57 bits per heavy atom. The molecule has 154 valence electrons. The van der Waals surface area contributed by atoms with Gasteiger partial charge in [0.25, 0.3) is 0 Å². The number of rotatable bonds is 13. The molecule has 1 atom stereocenters. The minimum atomic E-state index is -0.642. The molecule has 2 N–H and O–H groups in total. The van der Waals surface area contributed by atoms with Crippen LogP contribution in [0.3, 0.4) is 0 Å². The number of carbonyl (C=O) groups excluding carboxylic acids is 3. The maximum atomic E-state index is 12.0. The molecule has 1 aromatic carbocycles. The van der Waals surface area contributed by atoms with Crippen LogP contribution in [0.5, 0.6) is 0 Å². The summed E-state index contributed by atoms with van der Waals surface area (Å²) in [5.74, 6) is -0.636. The number of unbranched alkanes of at least 4 members (excludes halogenated alkanes) is 2. The molecule has 0 saturated heterocycles. The molecule has 0 fully saturated rings. The lowest BCUT2D eigenvalue weighted by molar-refractivity contribution is -0.145. The van der Waals surface area contributed by atoms with Crippen molar-refractivity contribution < 1.29 is 23.9 Å². The van der Waals surface area contributed by atoms with E-state index in [-0.39, 0.29) is 12.5 Å². The minimum absolute atomic E-state index is 0.185. The van der Waals surface area contributed by atoms with Gasteiger partial charge in [-0.1, -0.05) is 42.8 Å². The molecule has 0 bridgehead atoms. The lowest BCUT2D eigenvalue weighted by Gasteiger charge is -2.15. The minimum Gasteiger partial charge on any atom is -0.467 e. The smallest absolute Gasteiger partial charge is 0.407 e. The van der Waals surface area contributed by atoms with Crippen molar-refractivity contribution in [3.8, 4) is 0 Å². The Kier molecular flexibility index (Phi) is 11.8. The van der Waals surface area contributed by atoms with Crippen molar-refractivity contribution >= 4 is 18.0 Å². The molecule has 7 nitrogen and oxygen atoms in total. The van der Waals surface area contributed by atoms with E-state index in [1.54, 1.807) is 6.08 Å². The summed E-state index contributed by atoms with van der Waals surface area (Å²) in [6, 6.07) is 8.82. The second-order valence-electron chi connectivity index (χ2n) is 6.31. The molecule has 1 rings (SSSR count). The number of esters is 1. The number of methoxy groups -OCH3 is 1. The zero-order valence-electron chi connectivity index (χ0n) is 16.4. The zero-order valence-corrected chi connectivity index (χ0v) is 16.4. The van der Waals surface area contributed by atoms with Crippen molar-refractivity contribution in [2.24, 2.45) is 0 Å². The van der Waals surface area contributed by atoms with E-state index in [1.165, 1.54) is 7.11 Å². The molecule has 0 aliphatic heterocycles. The molecule has 0 heterocycles. The number of hydrogen-bond acceptors (Lipinski definition) is 5. The normalized spacial score (nSPS) is 11.2. The lowest BCUT2D eigenvalue weighted by Crippen LogP contribution is -2.41. The predicted molar refractivity (Wildman–Crippen MR) is 106 cm³/mol. The quantitative estimate of drug-likeness (QED) is 0.307. The van der Waals surface area contributed by atoms with Crippen molar-refractivity contribution in [2.45, 2.75) is 51.2 Å². The number of allylic oxidation sites excluding steroid dienone is 1. The van der Waals surface area contributed by atoms with Gasteiger partial charge in [0, 0.05) is 13.0 Å². The molecule has 0 spiro atoms. The lowest BCUT2D eigenvalue weighted by atomic mass is 10.1. The number of alkyl carbamates (subject to hydrolysis) is 1. The SMILES string of the molecule is C=CCC[C@@H](NC(=O)CCCCCNC(=O)OCc1ccccc1)C(=O)OC. The van der Waals surface area contributed by atoms with Gasteiger partial charge in [0.1, 0.15) is 12.6 Å². The Labute approximate surface area is 166 Å².